The Bertz CT molecular complexity index is 993. The largest absolute Gasteiger partial charge is 0.493 e. The quantitative estimate of drug-likeness (QED) is 0.486. The van der Waals surface area contributed by atoms with E-state index in [9.17, 15) is 14.4 Å². The maximum atomic E-state index is 14.0. The second-order valence-electron chi connectivity index (χ2n) is 6.91. The van der Waals surface area contributed by atoms with E-state index in [0.29, 0.717) is 30.2 Å². The van der Waals surface area contributed by atoms with E-state index in [0.717, 1.165) is 12.8 Å². The molecule has 1 heterocycles. The summed E-state index contributed by atoms with van der Waals surface area (Å²) in [6.45, 7) is 0.939. The molecule has 6 nitrogen and oxygen atoms in total. The first-order chi connectivity index (χ1) is 15.0. The SMILES string of the molecule is COc1ccc(/C=C(/C#N)C(=O)NC[C@@H]2CCCO2)cc1OCc1c(F)cccc1Cl. The molecule has 0 aliphatic carbocycles. The summed E-state index contributed by atoms with van der Waals surface area (Å²) in [6, 6.07) is 11.2. The molecule has 0 spiro atoms. The van der Waals surface area contributed by atoms with Gasteiger partial charge >= 0.3 is 0 Å². The minimum absolute atomic E-state index is 0.0184. The van der Waals surface area contributed by atoms with Crippen molar-refractivity contribution in [1.29, 1.82) is 5.26 Å². The summed E-state index contributed by atoms with van der Waals surface area (Å²) in [5, 5.41) is 12.4. The highest BCUT2D eigenvalue weighted by Gasteiger charge is 2.18. The fraction of sp³-hybridized carbons (Fsp3) is 0.304. The van der Waals surface area contributed by atoms with Crippen LogP contribution in [0.4, 0.5) is 4.39 Å². The lowest BCUT2D eigenvalue weighted by Gasteiger charge is -2.13. The van der Waals surface area contributed by atoms with Gasteiger partial charge in [0, 0.05) is 18.7 Å². The molecule has 8 heteroatoms. The van der Waals surface area contributed by atoms with Gasteiger partial charge in [0.15, 0.2) is 11.5 Å². The minimum atomic E-state index is -0.477. The molecule has 0 saturated carbocycles. The van der Waals surface area contributed by atoms with Crippen molar-refractivity contribution in [3.8, 4) is 17.6 Å². The van der Waals surface area contributed by atoms with Crippen molar-refractivity contribution < 1.29 is 23.4 Å². The first kappa shape index (κ1) is 22.6. The first-order valence-corrected chi connectivity index (χ1v) is 10.1. The zero-order chi connectivity index (χ0) is 22.2. The van der Waals surface area contributed by atoms with Gasteiger partial charge < -0.3 is 19.5 Å². The lowest BCUT2D eigenvalue weighted by molar-refractivity contribution is -0.117. The van der Waals surface area contributed by atoms with Crippen LogP contribution in [-0.4, -0.2) is 32.3 Å². The van der Waals surface area contributed by atoms with Crippen molar-refractivity contribution in [3.63, 3.8) is 0 Å². The Kier molecular flexibility index (Phi) is 7.88. The molecule has 2 aromatic rings. The Morgan fingerprint density at radius 2 is 2.23 bits per heavy atom. The number of rotatable bonds is 8. The number of carbonyl (C=O) groups excluding carboxylic acids is 1. The maximum Gasteiger partial charge on any atom is 0.262 e. The molecule has 2 aromatic carbocycles. The third-order valence-corrected chi connectivity index (χ3v) is 5.17. The Labute approximate surface area is 185 Å². The van der Waals surface area contributed by atoms with Gasteiger partial charge in [0.2, 0.25) is 0 Å². The van der Waals surface area contributed by atoms with Crippen LogP contribution < -0.4 is 14.8 Å². The van der Waals surface area contributed by atoms with Gasteiger partial charge in [-0.25, -0.2) is 4.39 Å². The lowest BCUT2D eigenvalue weighted by atomic mass is 10.1. The second kappa shape index (κ2) is 10.8. The van der Waals surface area contributed by atoms with Gasteiger partial charge in [-0.1, -0.05) is 23.7 Å². The van der Waals surface area contributed by atoms with E-state index in [1.54, 1.807) is 24.3 Å². The van der Waals surface area contributed by atoms with Crippen LogP contribution in [-0.2, 0) is 16.1 Å². The highest BCUT2D eigenvalue weighted by Crippen LogP contribution is 2.31. The fourth-order valence-corrected chi connectivity index (χ4v) is 3.36. The summed E-state index contributed by atoms with van der Waals surface area (Å²) in [4.78, 5) is 12.4. The van der Waals surface area contributed by atoms with E-state index in [1.165, 1.54) is 25.3 Å². The lowest BCUT2D eigenvalue weighted by Crippen LogP contribution is -2.32. The Morgan fingerprint density at radius 1 is 1.39 bits per heavy atom. The normalized spacial score (nSPS) is 15.9. The van der Waals surface area contributed by atoms with Gasteiger partial charge in [-0.3, -0.25) is 4.79 Å². The van der Waals surface area contributed by atoms with Crippen LogP contribution in [0.1, 0.15) is 24.0 Å². The highest BCUT2D eigenvalue weighted by atomic mass is 35.5. The smallest absolute Gasteiger partial charge is 0.262 e. The van der Waals surface area contributed by atoms with Gasteiger partial charge in [0.1, 0.15) is 24.1 Å². The topological polar surface area (TPSA) is 80.6 Å². The van der Waals surface area contributed by atoms with Crippen LogP contribution in [0.2, 0.25) is 5.02 Å². The summed E-state index contributed by atoms with van der Waals surface area (Å²) < 4.78 is 30.5. The van der Waals surface area contributed by atoms with Crippen molar-refractivity contribution in [2.45, 2.75) is 25.6 Å². The monoisotopic (exact) mass is 444 g/mol. The molecule has 0 aromatic heterocycles. The van der Waals surface area contributed by atoms with E-state index in [2.05, 4.69) is 5.32 Å². The van der Waals surface area contributed by atoms with Crippen molar-refractivity contribution in [1.82, 2.24) is 5.32 Å². The van der Waals surface area contributed by atoms with Gasteiger partial charge in [0.25, 0.3) is 5.91 Å². The van der Waals surface area contributed by atoms with Gasteiger partial charge in [-0.2, -0.15) is 5.26 Å². The summed E-state index contributed by atoms with van der Waals surface area (Å²) in [6.07, 6.45) is 3.29. The molecule has 162 valence electrons. The van der Waals surface area contributed by atoms with E-state index < -0.39 is 11.7 Å². The highest BCUT2D eigenvalue weighted by molar-refractivity contribution is 6.31. The van der Waals surface area contributed by atoms with E-state index in [1.807, 2.05) is 6.07 Å². The van der Waals surface area contributed by atoms with Crippen LogP contribution in [0.5, 0.6) is 11.5 Å². The zero-order valence-electron chi connectivity index (χ0n) is 17.0. The molecule has 0 bridgehead atoms. The molecule has 31 heavy (non-hydrogen) atoms. The zero-order valence-corrected chi connectivity index (χ0v) is 17.7. The molecule has 1 aliphatic heterocycles. The average molecular weight is 445 g/mol. The molecule has 1 atom stereocenters. The van der Waals surface area contributed by atoms with E-state index in [4.69, 9.17) is 25.8 Å². The third-order valence-electron chi connectivity index (χ3n) is 4.81. The number of methoxy groups -OCH3 is 1. The van der Waals surface area contributed by atoms with Crippen LogP contribution in [0.3, 0.4) is 0 Å². The summed E-state index contributed by atoms with van der Waals surface area (Å²) in [5.41, 5.74) is 0.726. The van der Waals surface area contributed by atoms with Gasteiger partial charge in [0.05, 0.1) is 18.2 Å². The second-order valence-corrected chi connectivity index (χ2v) is 7.32. The standard InChI is InChI=1S/C23H22ClFN2O4/c1-29-21-8-7-15(10-16(12-26)23(28)27-13-17-4-3-9-30-17)11-22(21)31-14-18-19(24)5-2-6-20(18)25/h2,5-8,10-11,17H,3-4,9,13-14H2,1H3,(H,27,28)/b16-10-/t17-/m0/s1. The Hall–Kier alpha value is -3.08. The van der Waals surface area contributed by atoms with Crippen LogP contribution in [0, 0.1) is 17.1 Å². The molecule has 0 unspecified atom stereocenters. The minimum Gasteiger partial charge on any atom is -0.493 e. The number of amides is 1. The number of halogens is 2. The fourth-order valence-electron chi connectivity index (χ4n) is 3.14. The number of benzene rings is 2. The molecular formula is C23H22ClFN2O4. The van der Waals surface area contributed by atoms with Gasteiger partial charge in [-0.05, 0) is 48.7 Å². The maximum absolute atomic E-state index is 14.0. The number of carbonyl (C=O) groups is 1. The molecular weight excluding hydrogens is 423 g/mol. The first-order valence-electron chi connectivity index (χ1n) is 9.77. The van der Waals surface area contributed by atoms with Crippen molar-refractivity contribution in [3.05, 3.63) is 63.9 Å². The van der Waals surface area contributed by atoms with Crippen LogP contribution in [0.25, 0.3) is 6.08 Å². The molecule has 0 radical (unpaired) electrons. The number of ether oxygens (including phenoxy) is 3. The Balaban J connectivity index is 1.74. The summed E-state index contributed by atoms with van der Waals surface area (Å²) in [7, 11) is 1.48. The summed E-state index contributed by atoms with van der Waals surface area (Å²) >= 11 is 6.05. The molecule has 1 amide bonds. The number of nitrogens with one attached hydrogen (secondary N) is 1. The number of nitriles is 1. The third kappa shape index (κ3) is 5.97. The van der Waals surface area contributed by atoms with Gasteiger partial charge in [-0.15, -0.1) is 0 Å². The van der Waals surface area contributed by atoms with E-state index >= 15 is 0 Å². The molecule has 3 rings (SSSR count). The number of hydrogen-bond donors (Lipinski definition) is 1. The molecule has 1 fully saturated rings. The predicted molar refractivity (Wildman–Crippen MR) is 114 cm³/mol. The van der Waals surface area contributed by atoms with Crippen molar-refractivity contribution in [2.24, 2.45) is 0 Å². The van der Waals surface area contributed by atoms with Crippen molar-refractivity contribution >= 4 is 23.6 Å². The number of nitrogens with zero attached hydrogens (tertiary/aromatic N) is 1. The van der Waals surface area contributed by atoms with Crippen molar-refractivity contribution in [2.75, 3.05) is 20.3 Å². The molecule has 1 N–H and O–H groups in total. The molecule has 1 aliphatic rings. The van der Waals surface area contributed by atoms with E-state index in [-0.39, 0.29) is 28.9 Å². The van der Waals surface area contributed by atoms with Crippen LogP contribution in [0.15, 0.2) is 42.0 Å². The Morgan fingerprint density at radius 3 is 2.90 bits per heavy atom. The predicted octanol–water partition coefficient (Wildman–Crippen LogP) is 4.27. The van der Waals surface area contributed by atoms with Crippen LogP contribution >= 0.6 is 11.6 Å². The average Bonchev–Trinajstić information content (AvgIpc) is 3.29. The molecule has 1 saturated heterocycles. The summed E-state index contributed by atoms with van der Waals surface area (Å²) in [5.74, 6) is -0.204. The number of hydrogen-bond acceptors (Lipinski definition) is 5.